The monoisotopic (exact) mass is 564 g/mol. The van der Waals surface area contributed by atoms with Crippen LogP contribution in [0, 0.1) is 12.1 Å². The fraction of sp³-hybridized carbons (Fsp3) is 0. The third-order valence-electron chi connectivity index (χ3n) is 3.60. The smallest absolute Gasteiger partial charge is 0.00506 e. The molecule has 0 N–H and O–H groups in total. The zero-order valence-electron chi connectivity index (χ0n) is 14.7. The molecule has 0 bridgehead atoms. The summed E-state index contributed by atoms with van der Waals surface area (Å²) in [4.78, 5) is 0. The molecule has 0 atom stereocenters. The minimum Gasteiger partial charge on any atom is -0.0767 e. The van der Waals surface area contributed by atoms with Gasteiger partial charge in [0.2, 0.25) is 0 Å². The Bertz CT molecular complexity index is 723. The molecule has 0 nitrogen and oxygen atoms in total. The Balaban J connectivity index is 0.000000390. The minimum atomic E-state index is -0.446. The van der Waals surface area contributed by atoms with E-state index in [2.05, 4.69) is 103 Å². The Morgan fingerprint density at radius 3 is 1.00 bits per heavy atom. The number of allylic oxidation sites excluding steroid dienone is 4. The summed E-state index contributed by atoms with van der Waals surface area (Å²) in [5.41, 5.74) is 5.33. The Kier molecular flexibility index (Phi) is 12.5. The van der Waals surface area contributed by atoms with Crippen molar-refractivity contribution in [2.75, 3.05) is 0 Å². The largest absolute Gasteiger partial charge is 0.0767 e. The van der Waals surface area contributed by atoms with Crippen LogP contribution in [0.5, 0.6) is 0 Å². The molecule has 1 aliphatic rings. The second-order valence-electron chi connectivity index (χ2n) is 5.30. The van der Waals surface area contributed by atoms with Crippen LogP contribution in [0.15, 0.2) is 115 Å². The first-order valence-corrected chi connectivity index (χ1v) is 10.0. The van der Waals surface area contributed by atoms with Crippen molar-refractivity contribution in [3.8, 4) is 0 Å². The Morgan fingerprint density at radius 1 is 0.481 bits per heavy atom. The summed E-state index contributed by atoms with van der Waals surface area (Å²) in [6, 6.07) is 32.3. The van der Waals surface area contributed by atoms with Gasteiger partial charge in [-0.3, -0.25) is 0 Å². The van der Waals surface area contributed by atoms with Crippen molar-refractivity contribution in [1.82, 2.24) is 0 Å². The Hall–Kier alpha value is -1.65. The molecule has 27 heavy (non-hydrogen) atoms. The van der Waals surface area contributed by atoms with Crippen molar-refractivity contribution in [2.24, 2.45) is 0 Å². The molecule has 136 valence electrons. The molecule has 0 saturated carbocycles. The molecule has 0 aromatic heterocycles. The van der Waals surface area contributed by atoms with Crippen molar-refractivity contribution < 1.29 is 20.1 Å². The zero-order chi connectivity index (χ0) is 18.5. The predicted molar refractivity (Wildman–Crippen MR) is 118 cm³/mol. The third-order valence-corrected chi connectivity index (χ3v) is 6.04. The van der Waals surface area contributed by atoms with Gasteiger partial charge < -0.3 is 0 Å². The number of benzene rings is 3. The summed E-state index contributed by atoms with van der Waals surface area (Å²) in [5.74, 6) is 0. The van der Waals surface area contributed by atoms with Gasteiger partial charge in [0.15, 0.2) is 0 Å². The van der Waals surface area contributed by atoms with Crippen molar-refractivity contribution in [3.63, 3.8) is 0 Å². The second-order valence-corrected chi connectivity index (χ2v) is 7.52. The molecule has 0 amide bonds. The third kappa shape index (κ3) is 7.85. The maximum Gasteiger partial charge on any atom is 0.00506 e. The van der Waals surface area contributed by atoms with E-state index in [0.29, 0.717) is 0 Å². The summed E-state index contributed by atoms with van der Waals surface area (Å²) in [6.45, 7) is 0. The van der Waals surface area contributed by atoms with Crippen molar-refractivity contribution in [2.45, 2.75) is 0 Å². The Labute approximate surface area is 182 Å². The van der Waals surface area contributed by atoms with Crippen LogP contribution in [-0.2, 0) is 32.1 Å². The van der Waals surface area contributed by atoms with Crippen LogP contribution >= 0.6 is 7.92 Å². The van der Waals surface area contributed by atoms with E-state index >= 15 is 0 Å². The van der Waals surface area contributed by atoms with Gasteiger partial charge in [0, 0.05) is 26.5 Å². The number of hydrogen-bond acceptors (Lipinski definition) is 0. The molecule has 0 aliphatic heterocycles. The maximum atomic E-state index is 5.33. The van der Waals surface area contributed by atoms with E-state index < -0.39 is 7.92 Å². The molecule has 2 radical (unpaired) electrons. The summed E-state index contributed by atoms with van der Waals surface area (Å²) >= 11 is 3.33. The molecule has 0 saturated heterocycles. The number of hydrogen-bond donors (Lipinski definition) is 0. The molecule has 3 aromatic carbocycles. The fourth-order valence-corrected chi connectivity index (χ4v) is 4.80. The molecule has 3 heteroatoms. The van der Waals surface area contributed by atoms with Crippen LogP contribution in [-0.4, -0.2) is 0 Å². The first kappa shape index (κ1) is 23.4. The van der Waals surface area contributed by atoms with E-state index in [1.54, 1.807) is 0 Å². The molecular formula is C24H20IrPS. The van der Waals surface area contributed by atoms with Gasteiger partial charge in [0.25, 0.3) is 0 Å². The normalized spacial score (nSPS) is 10.8. The average Bonchev–Trinajstić information content (AvgIpc) is 3.33. The van der Waals surface area contributed by atoms with Crippen LogP contribution in [0.1, 0.15) is 0 Å². The van der Waals surface area contributed by atoms with Gasteiger partial charge in [0.05, 0.1) is 0 Å². The van der Waals surface area contributed by atoms with E-state index in [4.69, 9.17) is 5.69 Å². The van der Waals surface area contributed by atoms with Gasteiger partial charge in [-0.05, 0) is 23.8 Å². The summed E-state index contributed by atoms with van der Waals surface area (Å²) in [5, 5.41) is 4.19. The summed E-state index contributed by atoms with van der Waals surface area (Å²) in [6.07, 6.45) is 10.0. The first-order chi connectivity index (χ1) is 12.9. The van der Waals surface area contributed by atoms with Crippen LogP contribution in [0.3, 0.4) is 0 Å². The zero-order valence-corrected chi connectivity index (χ0v) is 18.8. The van der Waals surface area contributed by atoms with Gasteiger partial charge in [-0.25, -0.2) is 0 Å². The SMILES string of the molecule is [C-]#[S+].[CH]1C=CC=C1.[Ir].c1ccc(P(c2ccccc2)c2ccccc2)cc1. The molecule has 0 unspecified atom stereocenters. The van der Waals surface area contributed by atoms with Gasteiger partial charge in [-0.2, -0.15) is 0 Å². The summed E-state index contributed by atoms with van der Waals surface area (Å²) in [7, 11) is -0.446. The van der Waals surface area contributed by atoms with Gasteiger partial charge >= 0.3 is 17.7 Å². The first-order valence-electron chi connectivity index (χ1n) is 8.27. The Morgan fingerprint density at radius 2 is 0.778 bits per heavy atom. The minimum absolute atomic E-state index is 0. The molecular weight excluding hydrogens is 544 g/mol. The fourth-order valence-electron chi connectivity index (χ4n) is 2.50. The van der Waals surface area contributed by atoms with Crippen molar-refractivity contribution in [3.05, 3.63) is 127 Å². The molecule has 4 rings (SSSR count). The quantitative estimate of drug-likeness (QED) is 0.243. The van der Waals surface area contributed by atoms with Gasteiger partial charge in [-0.15, -0.1) is 0 Å². The maximum absolute atomic E-state index is 5.33. The molecule has 0 fully saturated rings. The number of rotatable bonds is 3. The molecule has 0 heterocycles. The van der Waals surface area contributed by atoms with E-state index in [9.17, 15) is 0 Å². The van der Waals surface area contributed by atoms with Crippen LogP contribution in [0.2, 0.25) is 0 Å². The average molecular weight is 564 g/mol. The van der Waals surface area contributed by atoms with Gasteiger partial charge in [-0.1, -0.05) is 115 Å². The van der Waals surface area contributed by atoms with Crippen LogP contribution in [0.4, 0.5) is 0 Å². The molecule has 1 aliphatic carbocycles. The molecule has 0 spiro atoms. The van der Waals surface area contributed by atoms with E-state index in [0.717, 1.165) is 0 Å². The standard InChI is InChI=1S/C18H15P.C5H5.CS.Ir/c1-4-10-16(11-5-1)19(17-12-6-2-7-13-17)18-14-8-3-9-15-18;1-2-4-5-3-1;1-2;/h1-15H;1-5H;;. The summed E-state index contributed by atoms with van der Waals surface area (Å²) < 4.78 is 0. The van der Waals surface area contributed by atoms with E-state index in [1.165, 1.54) is 15.9 Å². The topological polar surface area (TPSA) is 0 Å². The van der Waals surface area contributed by atoms with E-state index in [-0.39, 0.29) is 20.1 Å². The van der Waals surface area contributed by atoms with Crippen molar-refractivity contribution in [1.29, 1.82) is 0 Å². The van der Waals surface area contributed by atoms with Crippen LogP contribution < -0.4 is 15.9 Å². The van der Waals surface area contributed by atoms with Gasteiger partial charge in [0.1, 0.15) is 0 Å². The predicted octanol–water partition coefficient (Wildman–Crippen LogP) is 4.84. The van der Waals surface area contributed by atoms with Crippen LogP contribution in [0.25, 0.3) is 0 Å². The van der Waals surface area contributed by atoms with Crippen molar-refractivity contribution >= 4 is 35.9 Å². The molecule has 3 aromatic rings. The van der Waals surface area contributed by atoms with E-state index in [1.807, 2.05) is 30.7 Å². The second kappa shape index (κ2) is 14.4.